The molecule has 2 heterocycles. The minimum Gasteiger partial charge on any atom is -0.461 e. The van der Waals surface area contributed by atoms with E-state index in [-0.39, 0.29) is 35.9 Å². The molecule has 5 N–H and O–H groups in total. The summed E-state index contributed by atoms with van der Waals surface area (Å²) in [6, 6.07) is 7.77. The smallest absolute Gasteiger partial charge is 0.319 e. The summed E-state index contributed by atoms with van der Waals surface area (Å²) in [5.74, 6) is -0.698. The zero-order valence-electron chi connectivity index (χ0n) is 20.6. The SMILES string of the molecule is CC1(C)CC(=O)c2c(n(-c3ccc(C(N)=O)c(N[C@H]4CC[C@H](OC(=O)CN)CC4)c3)c3sccc23)C1. The number of Topliss-reactive ketones (excluding diaryl/α,β-unsaturated/α-hetero) is 1. The number of ketones is 1. The summed E-state index contributed by atoms with van der Waals surface area (Å²) in [4.78, 5) is 37.9. The van der Waals surface area contributed by atoms with Gasteiger partial charge in [-0.15, -0.1) is 11.3 Å². The van der Waals surface area contributed by atoms with Gasteiger partial charge in [-0.25, -0.2) is 0 Å². The van der Waals surface area contributed by atoms with E-state index in [1.165, 1.54) is 0 Å². The van der Waals surface area contributed by atoms with Crippen LogP contribution in [0.25, 0.3) is 15.9 Å². The van der Waals surface area contributed by atoms with Gasteiger partial charge in [0.15, 0.2) is 5.78 Å². The summed E-state index contributed by atoms with van der Waals surface area (Å²) in [5.41, 5.74) is 14.8. The fourth-order valence-electron chi connectivity index (χ4n) is 5.63. The first-order valence-corrected chi connectivity index (χ1v) is 13.3. The number of carbonyl (C=O) groups excluding carboxylic acids is 3. The number of hydrogen-bond acceptors (Lipinski definition) is 7. The van der Waals surface area contributed by atoms with Crippen LogP contribution >= 0.6 is 11.3 Å². The number of carbonyl (C=O) groups is 3. The molecule has 0 spiro atoms. The molecule has 0 unspecified atom stereocenters. The van der Waals surface area contributed by atoms with E-state index in [9.17, 15) is 14.4 Å². The molecule has 9 heteroatoms. The van der Waals surface area contributed by atoms with Gasteiger partial charge < -0.3 is 26.1 Å². The number of thiophene rings is 1. The summed E-state index contributed by atoms with van der Waals surface area (Å²) in [7, 11) is 0. The van der Waals surface area contributed by atoms with Crippen molar-refractivity contribution in [2.45, 2.75) is 64.5 Å². The number of nitrogens with two attached hydrogens (primary N) is 2. The molecule has 0 saturated heterocycles. The minimum atomic E-state index is -0.498. The van der Waals surface area contributed by atoms with Crippen molar-refractivity contribution in [3.05, 3.63) is 46.5 Å². The van der Waals surface area contributed by atoms with Crippen molar-refractivity contribution in [1.29, 1.82) is 0 Å². The van der Waals surface area contributed by atoms with Gasteiger partial charge in [0.05, 0.1) is 12.1 Å². The number of rotatable bonds is 6. The molecule has 2 aromatic heterocycles. The molecule has 0 bridgehead atoms. The van der Waals surface area contributed by atoms with Crippen LogP contribution in [0, 0.1) is 5.41 Å². The Bertz CT molecular complexity index is 1350. The lowest BCUT2D eigenvalue weighted by atomic mass is 9.76. The minimum absolute atomic E-state index is 0.115. The molecule has 1 fully saturated rings. The molecule has 0 radical (unpaired) electrons. The van der Waals surface area contributed by atoms with E-state index in [1.807, 2.05) is 23.6 Å². The number of benzene rings is 1. The van der Waals surface area contributed by atoms with Crippen LogP contribution in [0.15, 0.2) is 29.6 Å². The van der Waals surface area contributed by atoms with Crippen molar-refractivity contribution in [2.24, 2.45) is 16.9 Å². The molecule has 2 aliphatic carbocycles. The fraction of sp³-hybridized carbons (Fsp3) is 0.444. The average molecular weight is 509 g/mol. The summed E-state index contributed by atoms with van der Waals surface area (Å²) >= 11 is 1.61. The number of fused-ring (bicyclic) bond motifs is 3. The Labute approximate surface area is 214 Å². The quantitative estimate of drug-likeness (QED) is 0.429. The van der Waals surface area contributed by atoms with Gasteiger partial charge in [0.2, 0.25) is 0 Å². The van der Waals surface area contributed by atoms with Crippen LogP contribution in [-0.4, -0.2) is 40.9 Å². The number of anilines is 1. The monoisotopic (exact) mass is 508 g/mol. The summed E-state index contributed by atoms with van der Waals surface area (Å²) in [5, 5.41) is 6.54. The van der Waals surface area contributed by atoms with E-state index in [1.54, 1.807) is 17.4 Å². The van der Waals surface area contributed by atoms with Crippen LogP contribution in [0.1, 0.15) is 72.4 Å². The van der Waals surface area contributed by atoms with Crippen LogP contribution in [0.4, 0.5) is 5.69 Å². The van der Waals surface area contributed by atoms with Crippen molar-refractivity contribution >= 4 is 44.9 Å². The maximum Gasteiger partial charge on any atom is 0.319 e. The Morgan fingerprint density at radius 2 is 1.92 bits per heavy atom. The van der Waals surface area contributed by atoms with E-state index >= 15 is 0 Å². The van der Waals surface area contributed by atoms with Gasteiger partial charge in [-0.1, -0.05) is 13.8 Å². The van der Waals surface area contributed by atoms with Crippen molar-refractivity contribution in [3.63, 3.8) is 0 Å². The van der Waals surface area contributed by atoms with Crippen molar-refractivity contribution in [3.8, 4) is 5.69 Å². The van der Waals surface area contributed by atoms with Gasteiger partial charge in [-0.2, -0.15) is 0 Å². The zero-order chi connectivity index (χ0) is 25.6. The lowest BCUT2D eigenvalue weighted by Crippen LogP contribution is -2.33. The summed E-state index contributed by atoms with van der Waals surface area (Å²) in [6.07, 6.45) is 4.25. The number of aromatic nitrogens is 1. The number of hydrogen-bond donors (Lipinski definition) is 3. The Morgan fingerprint density at radius 1 is 1.17 bits per heavy atom. The third-order valence-corrected chi connectivity index (χ3v) is 8.16. The number of primary amides is 1. The fourth-order valence-corrected chi connectivity index (χ4v) is 6.58. The number of esters is 1. The molecule has 36 heavy (non-hydrogen) atoms. The predicted octanol–water partition coefficient (Wildman–Crippen LogP) is 4.17. The second-order valence-corrected chi connectivity index (χ2v) is 11.5. The Morgan fingerprint density at radius 3 is 2.61 bits per heavy atom. The highest BCUT2D eigenvalue weighted by Gasteiger charge is 2.36. The van der Waals surface area contributed by atoms with Gasteiger partial charge in [-0.3, -0.25) is 14.4 Å². The highest BCUT2D eigenvalue weighted by atomic mass is 32.1. The maximum absolute atomic E-state index is 13.1. The van der Waals surface area contributed by atoms with Crippen molar-refractivity contribution < 1.29 is 19.1 Å². The summed E-state index contributed by atoms with van der Waals surface area (Å²) in [6.45, 7) is 4.14. The van der Waals surface area contributed by atoms with Gasteiger partial charge in [-0.05, 0) is 67.2 Å². The lowest BCUT2D eigenvalue weighted by Gasteiger charge is -2.31. The predicted molar refractivity (Wildman–Crippen MR) is 141 cm³/mol. The molecule has 0 aliphatic heterocycles. The van der Waals surface area contributed by atoms with E-state index in [0.29, 0.717) is 17.7 Å². The van der Waals surface area contributed by atoms with Crippen LogP contribution in [0.5, 0.6) is 0 Å². The maximum atomic E-state index is 13.1. The van der Waals surface area contributed by atoms with E-state index in [4.69, 9.17) is 16.2 Å². The van der Waals surface area contributed by atoms with Crippen LogP contribution < -0.4 is 16.8 Å². The average Bonchev–Trinajstić information content (AvgIpc) is 3.39. The third-order valence-electron chi connectivity index (χ3n) is 7.27. The first kappa shape index (κ1) is 24.5. The highest BCUT2D eigenvalue weighted by molar-refractivity contribution is 7.17. The molecule has 8 nitrogen and oxygen atoms in total. The molecule has 1 amide bonds. The summed E-state index contributed by atoms with van der Waals surface area (Å²) < 4.78 is 7.56. The van der Waals surface area contributed by atoms with Gasteiger partial charge >= 0.3 is 5.97 Å². The standard InChI is InChI=1S/C27H32N4O4S/c1-27(2)12-21-24(22(32)13-27)19-9-10-36-26(19)31(21)16-5-8-18(25(29)34)20(11-16)30-15-3-6-17(7-4-15)35-23(33)14-28/h5,8-11,15,17,30H,3-4,6-7,12-14,28H2,1-2H3,(H2,29,34)/t15-,17-. The van der Waals surface area contributed by atoms with Gasteiger partial charge in [0.1, 0.15) is 10.9 Å². The van der Waals surface area contributed by atoms with E-state index in [2.05, 4.69) is 23.7 Å². The topological polar surface area (TPSA) is 129 Å². The normalized spacial score (nSPS) is 21.2. The first-order chi connectivity index (χ1) is 17.2. The molecule has 1 saturated carbocycles. The first-order valence-electron chi connectivity index (χ1n) is 12.4. The molecule has 5 rings (SSSR count). The number of nitrogens with zero attached hydrogens (tertiary/aromatic N) is 1. The molecule has 0 atom stereocenters. The lowest BCUT2D eigenvalue weighted by molar-refractivity contribution is -0.148. The second-order valence-electron chi connectivity index (χ2n) is 10.6. The van der Waals surface area contributed by atoms with Crippen molar-refractivity contribution in [1.82, 2.24) is 4.57 Å². The van der Waals surface area contributed by atoms with Crippen LogP contribution in [0.2, 0.25) is 0 Å². The second kappa shape index (κ2) is 9.37. The molecule has 3 aromatic rings. The van der Waals surface area contributed by atoms with E-state index < -0.39 is 5.91 Å². The zero-order valence-corrected chi connectivity index (χ0v) is 21.5. The number of amides is 1. The Kier molecular flexibility index (Phi) is 6.38. The highest BCUT2D eigenvalue weighted by Crippen LogP contribution is 2.43. The number of nitrogens with one attached hydrogen (secondary N) is 1. The molecule has 2 aliphatic rings. The van der Waals surface area contributed by atoms with E-state index in [0.717, 1.165) is 59.3 Å². The van der Waals surface area contributed by atoms with Gasteiger partial charge in [0, 0.05) is 40.5 Å². The molecule has 1 aromatic carbocycles. The molecular weight excluding hydrogens is 476 g/mol. The van der Waals surface area contributed by atoms with Crippen LogP contribution in [-0.2, 0) is 16.0 Å². The van der Waals surface area contributed by atoms with Crippen molar-refractivity contribution in [2.75, 3.05) is 11.9 Å². The Balaban J connectivity index is 1.48. The largest absolute Gasteiger partial charge is 0.461 e. The van der Waals surface area contributed by atoms with Crippen LogP contribution in [0.3, 0.4) is 0 Å². The molecule has 190 valence electrons. The molecular formula is C27H32N4O4S. The Hall–Kier alpha value is -3.17. The number of ether oxygens (including phenoxy) is 1. The third kappa shape index (κ3) is 4.53. The van der Waals surface area contributed by atoms with Gasteiger partial charge in [0.25, 0.3) is 5.91 Å².